The number of hydrogen-bond donors (Lipinski definition) is 1. The topological polar surface area (TPSA) is 33.1 Å². The minimum atomic E-state index is -4.86. The number of aliphatic hydroxyl groups excluding tert-OH is 1. The summed E-state index contributed by atoms with van der Waals surface area (Å²) in [5.74, 6) is 0. The van der Waals surface area contributed by atoms with E-state index in [1.54, 1.807) is 0 Å². The van der Waals surface area contributed by atoms with Gasteiger partial charge >= 0.3 is 6.18 Å². The average Bonchev–Trinajstić information content (AvgIpc) is 2.14. The molecule has 0 fully saturated rings. The molecule has 1 heterocycles. The van der Waals surface area contributed by atoms with E-state index < -0.39 is 41.2 Å². The number of pyridine rings is 1. The van der Waals surface area contributed by atoms with Crippen LogP contribution in [-0.4, -0.2) is 10.1 Å². The van der Waals surface area contributed by atoms with Crippen molar-refractivity contribution in [3.63, 3.8) is 0 Å². The molecule has 90 valence electrons. The first-order valence-electron chi connectivity index (χ1n) is 3.93. The van der Waals surface area contributed by atoms with Gasteiger partial charge in [0.05, 0.1) is 17.9 Å². The van der Waals surface area contributed by atoms with Crippen LogP contribution in [0, 0.1) is 0 Å². The normalized spacial score (nSPS) is 12.2. The quantitative estimate of drug-likeness (QED) is 0.655. The number of nitrogens with zero attached hydrogens (tertiary/aromatic N) is 1. The van der Waals surface area contributed by atoms with Crippen LogP contribution in [0.5, 0.6) is 0 Å². The van der Waals surface area contributed by atoms with Gasteiger partial charge in [-0.2, -0.15) is 13.2 Å². The third-order valence-electron chi connectivity index (χ3n) is 1.78. The molecule has 1 N–H and O–H groups in total. The Morgan fingerprint density at radius 2 is 1.94 bits per heavy atom. The first-order valence-corrected chi connectivity index (χ1v) is 4.30. The molecule has 16 heavy (non-hydrogen) atoms. The van der Waals surface area contributed by atoms with Gasteiger partial charge in [0.25, 0.3) is 6.43 Å². The summed E-state index contributed by atoms with van der Waals surface area (Å²) >= 11 is 5.18. The van der Waals surface area contributed by atoms with Gasteiger partial charge in [0.2, 0.25) is 0 Å². The number of hydrogen-bond acceptors (Lipinski definition) is 2. The smallest absolute Gasteiger partial charge is 0.390 e. The molecule has 0 aromatic carbocycles. The van der Waals surface area contributed by atoms with Gasteiger partial charge in [-0.05, 0) is 6.07 Å². The van der Waals surface area contributed by atoms with Crippen LogP contribution in [0.2, 0.25) is 5.15 Å². The predicted molar refractivity (Wildman–Crippen MR) is 45.1 cm³/mol. The molecule has 0 radical (unpaired) electrons. The maximum absolute atomic E-state index is 12.4. The Bertz CT molecular complexity index is 393. The summed E-state index contributed by atoms with van der Waals surface area (Å²) < 4.78 is 61.6. The largest absolute Gasteiger partial charge is 0.419 e. The summed E-state index contributed by atoms with van der Waals surface area (Å²) in [4.78, 5) is 3.09. The van der Waals surface area contributed by atoms with Crippen molar-refractivity contribution in [2.45, 2.75) is 19.2 Å². The van der Waals surface area contributed by atoms with Gasteiger partial charge in [0.1, 0.15) is 5.15 Å². The summed E-state index contributed by atoms with van der Waals surface area (Å²) in [6, 6.07) is 0.200. The molecular formula is C8H5ClF5NO. The molecule has 0 amide bonds. The zero-order valence-corrected chi connectivity index (χ0v) is 8.28. The average molecular weight is 262 g/mol. The molecule has 0 aliphatic heterocycles. The summed E-state index contributed by atoms with van der Waals surface area (Å²) in [5.41, 5.74) is -2.98. The molecule has 8 heteroatoms. The van der Waals surface area contributed by atoms with Crippen LogP contribution in [0.4, 0.5) is 22.0 Å². The number of alkyl halides is 5. The summed E-state index contributed by atoms with van der Waals surface area (Å²) in [7, 11) is 0. The Kier molecular flexibility index (Phi) is 3.69. The number of rotatable bonds is 2. The van der Waals surface area contributed by atoms with Gasteiger partial charge < -0.3 is 5.11 Å². The molecule has 0 atom stereocenters. The highest BCUT2D eigenvalue weighted by Crippen LogP contribution is 2.36. The Hall–Kier alpha value is -0.950. The maximum Gasteiger partial charge on any atom is 0.419 e. The van der Waals surface area contributed by atoms with Crippen molar-refractivity contribution < 1.29 is 27.1 Å². The second-order valence-electron chi connectivity index (χ2n) is 2.82. The van der Waals surface area contributed by atoms with Gasteiger partial charge in [0, 0.05) is 5.56 Å². The van der Waals surface area contributed by atoms with E-state index in [1.807, 2.05) is 0 Å². The zero-order chi connectivity index (χ0) is 12.5. The highest BCUT2D eigenvalue weighted by molar-refractivity contribution is 6.30. The Balaban J connectivity index is 3.39. The number of halogens is 6. The van der Waals surface area contributed by atoms with Gasteiger partial charge in [0.15, 0.2) is 0 Å². The van der Waals surface area contributed by atoms with Crippen molar-refractivity contribution >= 4 is 11.6 Å². The standard InChI is InChI=1S/C8H5ClF5NO/c9-6-4(8(12,13)14)1-3(7(10)11)5(2-16)15-6/h1,7,16H,2H2. The highest BCUT2D eigenvalue weighted by Gasteiger charge is 2.35. The molecule has 1 aromatic rings. The Morgan fingerprint density at radius 3 is 2.31 bits per heavy atom. The minimum absolute atomic E-state index is 0.200. The molecule has 1 rings (SSSR count). The first-order chi connectivity index (χ1) is 7.27. The lowest BCUT2D eigenvalue weighted by Crippen LogP contribution is -2.10. The van der Waals surface area contributed by atoms with Crippen LogP contribution < -0.4 is 0 Å². The third-order valence-corrected chi connectivity index (χ3v) is 2.07. The molecule has 0 aliphatic rings. The van der Waals surface area contributed by atoms with E-state index >= 15 is 0 Å². The lowest BCUT2D eigenvalue weighted by Gasteiger charge is -2.12. The van der Waals surface area contributed by atoms with Crippen molar-refractivity contribution in [1.29, 1.82) is 0 Å². The predicted octanol–water partition coefficient (Wildman–Crippen LogP) is 3.18. The minimum Gasteiger partial charge on any atom is -0.390 e. The van der Waals surface area contributed by atoms with E-state index in [2.05, 4.69) is 4.98 Å². The second kappa shape index (κ2) is 4.50. The molecule has 1 aromatic heterocycles. The van der Waals surface area contributed by atoms with E-state index in [1.165, 1.54) is 0 Å². The van der Waals surface area contributed by atoms with Crippen molar-refractivity contribution in [3.8, 4) is 0 Å². The zero-order valence-electron chi connectivity index (χ0n) is 7.52. The van der Waals surface area contributed by atoms with Gasteiger partial charge in [-0.15, -0.1) is 0 Å². The number of aliphatic hydroxyl groups is 1. The van der Waals surface area contributed by atoms with Crippen LogP contribution in [0.1, 0.15) is 23.2 Å². The van der Waals surface area contributed by atoms with Crippen molar-refractivity contribution in [2.24, 2.45) is 0 Å². The molecule has 0 saturated carbocycles. The fourth-order valence-corrected chi connectivity index (χ4v) is 1.32. The first kappa shape index (κ1) is 13.1. The molecule has 0 bridgehead atoms. The highest BCUT2D eigenvalue weighted by atomic mass is 35.5. The monoisotopic (exact) mass is 261 g/mol. The van der Waals surface area contributed by atoms with Gasteiger partial charge in [-0.25, -0.2) is 13.8 Å². The summed E-state index contributed by atoms with van der Waals surface area (Å²) in [6.45, 7) is -0.905. The van der Waals surface area contributed by atoms with Crippen LogP contribution >= 0.6 is 11.6 Å². The fourth-order valence-electron chi connectivity index (χ4n) is 1.06. The molecular weight excluding hydrogens is 257 g/mol. The fraction of sp³-hybridized carbons (Fsp3) is 0.375. The van der Waals surface area contributed by atoms with Crippen LogP contribution in [0.15, 0.2) is 6.07 Å². The molecule has 0 unspecified atom stereocenters. The van der Waals surface area contributed by atoms with E-state index in [-0.39, 0.29) is 6.07 Å². The number of aromatic nitrogens is 1. The molecule has 0 spiro atoms. The molecule has 0 aliphatic carbocycles. The van der Waals surface area contributed by atoms with E-state index in [0.717, 1.165) is 0 Å². The maximum atomic E-state index is 12.4. The molecule has 0 saturated heterocycles. The lowest BCUT2D eigenvalue weighted by molar-refractivity contribution is -0.137. The summed E-state index contributed by atoms with van der Waals surface area (Å²) in [6.07, 6.45) is -8.02. The van der Waals surface area contributed by atoms with E-state index in [9.17, 15) is 22.0 Å². The van der Waals surface area contributed by atoms with E-state index in [0.29, 0.717) is 0 Å². The van der Waals surface area contributed by atoms with Crippen molar-refractivity contribution in [3.05, 3.63) is 28.0 Å². The van der Waals surface area contributed by atoms with Gasteiger partial charge in [-0.1, -0.05) is 11.6 Å². The Morgan fingerprint density at radius 1 is 1.38 bits per heavy atom. The van der Waals surface area contributed by atoms with Gasteiger partial charge in [-0.3, -0.25) is 0 Å². The lowest BCUT2D eigenvalue weighted by atomic mass is 10.1. The van der Waals surface area contributed by atoms with Crippen LogP contribution in [0.25, 0.3) is 0 Å². The van der Waals surface area contributed by atoms with Crippen molar-refractivity contribution in [1.82, 2.24) is 4.98 Å². The summed E-state index contributed by atoms with van der Waals surface area (Å²) in [5, 5.41) is 7.69. The second-order valence-corrected chi connectivity index (χ2v) is 3.18. The van der Waals surface area contributed by atoms with Crippen molar-refractivity contribution in [2.75, 3.05) is 0 Å². The van der Waals surface area contributed by atoms with Crippen LogP contribution in [0.3, 0.4) is 0 Å². The Labute approximate surface area is 91.7 Å². The van der Waals surface area contributed by atoms with E-state index in [4.69, 9.17) is 16.7 Å². The van der Waals surface area contributed by atoms with Crippen LogP contribution in [-0.2, 0) is 12.8 Å². The third kappa shape index (κ3) is 2.59. The SMILES string of the molecule is OCc1nc(Cl)c(C(F)(F)F)cc1C(F)F. The molecule has 2 nitrogen and oxygen atoms in total.